The number of benzene rings is 5. The molecule has 5 aromatic carbocycles. The van der Waals surface area contributed by atoms with E-state index in [1.165, 1.54) is 11.0 Å². The first kappa shape index (κ1) is 42.7. The van der Waals surface area contributed by atoms with E-state index in [9.17, 15) is 14.7 Å². The molecule has 2 N–H and O–H groups in total. The monoisotopic (exact) mass is 898 g/mol. The van der Waals surface area contributed by atoms with Crippen molar-refractivity contribution in [3.05, 3.63) is 148 Å². The van der Waals surface area contributed by atoms with Crippen molar-refractivity contribution in [1.29, 1.82) is 0 Å². The number of nitrogens with one attached hydrogen (secondary N) is 1. The van der Waals surface area contributed by atoms with Crippen LogP contribution in [0.4, 0.5) is 28.4 Å². The minimum atomic E-state index is -1.59. The van der Waals surface area contributed by atoms with E-state index in [0.717, 1.165) is 16.3 Å². The SMILES string of the molecule is COc1ccc([C@@]23C(=O)N(Nc4ccc(Cl)cc4Cl)C(=O)[C@@H]2C[C@@H]2C(=CC[C@@H]4C(=O)N(c5ccc(N=Nc6ccc(N(C)C)cc6)cc5)C(=O)[C@@H]42)[C@@H]3c2ccccc2OCCO)cc1. The largest absolute Gasteiger partial charge is 0.497 e. The Bertz CT molecular complexity index is 2710. The number of hydrogen-bond donors (Lipinski definition) is 2. The summed E-state index contributed by atoms with van der Waals surface area (Å²) in [6.07, 6.45) is 2.28. The van der Waals surface area contributed by atoms with Gasteiger partial charge in [-0.2, -0.15) is 15.2 Å². The number of amides is 4. The summed E-state index contributed by atoms with van der Waals surface area (Å²) in [5, 5.41) is 20.2. The molecule has 0 spiro atoms. The molecule has 0 unspecified atom stereocenters. The van der Waals surface area contributed by atoms with E-state index >= 15 is 9.59 Å². The minimum Gasteiger partial charge on any atom is -0.497 e. The van der Waals surface area contributed by atoms with Gasteiger partial charge >= 0.3 is 0 Å². The third-order valence-corrected chi connectivity index (χ3v) is 13.5. The van der Waals surface area contributed by atoms with Crippen LogP contribution in [0.15, 0.2) is 137 Å². The molecule has 2 aliphatic carbocycles. The number of imide groups is 2. The Balaban J connectivity index is 1.13. The molecule has 4 amide bonds. The fraction of sp³-hybridized carbons (Fsp3) is 0.265. The number of allylic oxidation sites excluding steroid dienone is 2. The van der Waals surface area contributed by atoms with E-state index in [4.69, 9.17) is 32.7 Å². The highest BCUT2D eigenvalue weighted by Gasteiger charge is 2.70. The van der Waals surface area contributed by atoms with E-state index in [-0.39, 0.29) is 48.6 Å². The van der Waals surface area contributed by atoms with Gasteiger partial charge < -0.3 is 19.5 Å². The van der Waals surface area contributed by atoms with Gasteiger partial charge in [0.1, 0.15) is 18.1 Å². The normalized spacial score (nSPS) is 23.8. The number of hydrazine groups is 1. The van der Waals surface area contributed by atoms with Gasteiger partial charge in [0.25, 0.3) is 11.8 Å². The average Bonchev–Trinajstić information content (AvgIpc) is 3.69. The lowest BCUT2D eigenvalue weighted by Crippen LogP contribution is -2.53. The number of fused-ring (bicyclic) bond motifs is 4. The molecule has 13 nitrogen and oxygen atoms in total. The maximum atomic E-state index is 15.7. The summed E-state index contributed by atoms with van der Waals surface area (Å²) < 4.78 is 11.7. The van der Waals surface area contributed by atoms with Crippen LogP contribution in [-0.2, 0) is 24.6 Å². The Labute approximate surface area is 379 Å². The van der Waals surface area contributed by atoms with E-state index in [1.54, 1.807) is 79.9 Å². The van der Waals surface area contributed by atoms with E-state index in [0.29, 0.717) is 44.7 Å². The molecule has 15 heteroatoms. The molecule has 5 aromatic rings. The molecular formula is C49H44Cl2N6O7. The Hall–Kier alpha value is -6.54. The Morgan fingerprint density at radius 3 is 2.17 bits per heavy atom. The molecule has 2 heterocycles. The number of carbonyl (C=O) groups excluding carboxylic acids is 4. The number of ether oxygens (including phenoxy) is 2. The summed E-state index contributed by atoms with van der Waals surface area (Å²) >= 11 is 12.8. The molecule has 3 fully saturated rings. The molecule has 64 heavy (non-hydrogen) atoms. The first-order valence-electron chi connectivity index (χ1n) is 20.9. The standard InChI is InChI=1S/C49H44Cl2N6O7/c1-55(2)32-15-11-30(12-16-32)52-53-31-13-17-33(18-14-31)56-45(59)37-22-21-35-38(43(37)47(56)61)27-39-46(60)57(54-41-23-10-29(50)26-40(41)51)48(62)49(39,28-8-19-34(63-3)20-9-28)44(35)36-6-4-5-7-42(36)64-25-24-58/h4-21,23,26,37-39,43-44,54,58H,22,24-25,27H2,1-3H3/t37-,38+,39-,43-,44+,49+/m0/s1. The highest BCUT2D eigenvalue weighted by Crippen LogP contribution is 2.65. The number of hydrogen-bond acceptors (Lipinski definition) is 11. The highest BCUT2D eigenvalue weighted by atomic mass is 35.5. The fourth-order valence-electron chi connectivity index (χ4n) is 10.0. The summed E-state index contributed by atoms with van der Waals surface area (Å²) in [7, 11) is 5.46. The van der Waals surface area contributed by atoms with Crippen molar-refractivity contribution in [3.63, 3.8) is 0 Å². The lowest BCUT2D eigenvalue weighted by Gasteiger charge is -2.50. The smallest absolute Gasteiger partial charge is 0.260 e. The predicted octanol–water partition coefficient (Wildman–Crippen LogP) is 9.04. The second kappa shape index (κ2) is 17.2. The van der Waals surface area contributed by atoms with Crippen LogP contribution in [0.5, 0.6) is 11.5 Å². The molecule has 1 saturated carbocycles. The van der Waals surface area contributed by atoms with Crippen LogP contribution in [0, 0.1) is 23.7 Å². The number of azo groups is 1. The van der Waals surface area contributed by atoms with Gasteiger partial charge in [0.15, 0.2) is 0 Å². The van der Waals surface area contributed by atoms with Crippen molar-refractivity contribution in [2.24, 2.45) is 33.9 Å². The molecule has 6 atom stereocenters. The summed E-state index contributed by atoms with van der Waals surface area (Å²) in [6, 6.07) is 33.4. The van der Waals surface area contributed by atoms with Gasteiger partial charge in [-0.15, -0.1) is 0 Å². The third kappa shape index (κ3) is 7.17. The van der Waals surface area contributed by atoms with Crippen LogP contribution in [-0.4, -0.2) is 68.2 Å². The van der Waals surface area contributed by atoms with Crippen molar-refractivity contribution < 1.29 is 33.8 Å². The summed E-state index contributed by atoms with van der Waals surface area (Å²) in [5.74, 6) is -4.93. The molecule has 0 bridgehead atoms. The molecule has 326 valence electrons. The van der Waals surface area contributed by atoms with Crippen LogP contribution in [0.1, 0.15) is 29.9 Å². The summed E-state index contributed by atoms with van der Waals surface area (Å²) in [4.78, 5) is 63.4. The van der Waals surface area contributed by atoms with Crippen molar-refractivity contribution in [2.45, 2.75) is 24.2 Å². The van der Waals surface area contributed by atoms with Gasteiger partial charge in [-0.3, -0.25) is 29.5 Å². The van der Waals surface area contributed by atoms with Gasteiger partial charge in [0.05, 0.1) is 64.7 Å². The van der Waals surface area contributed by atoms with Crippen LogP contribution < -0.4 is 24.7 Å². The van der Waals surface area contributed by atoms with Gasteiger partial charge in [0, 0.05) is 36.3 Å². The first-order valence-corrected chi connectivity index (χ1v) is 21.7. The number of aliphatic hydroxyl groups is 1. The number of aliphatic hydroxyl groups excluding tert-OH is 1. The third-order valence-electron chi connectivity index (χ3n) is 12.9. The Morgan fingerprint density at radius 2 is 1.52 bits per heavy atom. The zero-order chi connectivity index (χ0) is 44.9. The van der Waals surface area contributed by atoms with Crippen molar-refractivity contribution >= 4 is 75.3 Å². The quantitative estimate of drug-likeness (QED) is 0.0710. The molecule has 0 aromatic heterocycles. The number of halogens is 2. The zero-order valence-electron chi connectivity index (χ0n) is 35.2. The Kier molecular flexibility index (Phi) is 11.5. The van der Waals surface area contributed by atoms with Crippen molar-refractivity contribution in [3.8, 4) is 11.5 Å². The summed E-state index contributed by atoms with van der Waals surface area (Å²) in [5.41, 5.74) is 6.24. The van der Waals surface area contributed by atoms with E-state index in [1.807, 2.05) is 61.5 Å². The topological polar surface area (TPSA) is 153 Å². The van der Waals surface area contributed by atoms with E-state index in [2.05, 4.69) is 15.7 Å². The van der Waals surface area contributed by atoms with Crippen LogP contribution in [0.25, 0.3) is 0 Å². The van der Waals surface area contributed by atoms with Crippen molar-refractivity contribution in [1.82, 2.24) is 5.01 Å². The molecule has 2 aliphatic heterocycles. The molecule has 2 saturated heterocycles. The number of methoxy groups -OCH3 is 1. The summed E-state index contributed by atoms with van der Waals surface area (Å²) in [6.45, 7) is -0.296. The first-order chi connectivity index (χ1) is 31.0. The van der Waals surface area contributed by atoms with Gasteiger partial charge in [0.2, 0.25) is 11.8 Å². The van der Waals surface area contributed by atoms with Gasteiger partial charge in [-0.25, -0.2) is 0 Å². The number of rotatable bonds is 12. The Morgan fingerprint density at radius 1 is 0.828 bits per heavy atom. The average molecular weight is 900 g/mol. The maximum absolute atomic E-state index is 15.7. The second-order valence-electron chi connectivity index (χ2n) is 16.5. The lowest BCUT2D eigenvalue weighted by atomic mass is 9.49. The van der Waals surface area contributed by atoms with Crippen LogP contribution in [0.3, 0.4) is 0 Å². The molecular weight excluding hydrogens is 855 g/mol. The second-order valence-corrected chi connectivity index (χ2v) is 17.3. The highest BCUT2D eigenvalue weighted by molar-refractivity contribution is 6.36. The number of carbonyl (C=O) groups is 4. The van der Waals surface area contributed by atoms with Crippen LogP contribution in [0.2, 0.25) is 10.0 Å². The lowest BCUT2D eigenvalue weighted by molar-refractivity contribution is -0.138. The zero-order valence-corrected chi connectivity index (χ0v) is 36.7. The predicted molar refractivity (Wildman–Crippen MR) is 244 cm³/mol. The number of nitrogens with zero attached hydrogens (tertiary/aromatic N) is 5. The van der Waals surface area contributed by atoms with Gasteiger partial charge in [-0.05, 0) is 109 Å². The minimum absolute atomic E-state index is 0.0303. The van der Waals surface area contributed by atoms with Crippen LogP contribution >= 0.6 is 23.2 Å². The van der Waals surface area contributed by atoms with Gasteiger partial charge in [-0.1, -0.05) is 65.2 Å². The van der Waals surface area contributed by atoms with E-state index < -0.39 is 46.8 Å². The molecule has 4 aliphatic rings. The fourth-order valence-corrected chi connectivity index (χ4v) is 10.5. The number of anilines is 3. The maximum Gasteiger partial charge on any atom is 0.260 e. The van der Waals surface area contributed by atoms with Crippen molar-refractivity contribution in [2.75, 3.05) is 49.6 Å². The number of para-hydroxylation sites is 1. The molecule has 9 rings (SSSR count). The molecule has 0 radical (unpaired) electrons.